The first-order chi connectivity index (χ1) is 8.12. The lowest BCUT2D eigenvalue weighted by atomic mass is 9.80. The van der Waals surface area contributed by atoms with Crippen LogP contribution in [-0.2, 0) is 9.53 Å². The number of likely N-dealkylation sites (tertiary alicyclic amines) is 1. The van der Waals surface area contributed by atoms with Gasteiger partial charge in [-0.1, -0.05) is 13.8 Å². The van der Waals surface area contributed by atoms with Crippen LogP contribution in [0.1, 0.15) is 20.3 Å². The van der Waals surface area contributed by atoms with Crippen LogP contribution in [-0.4, -0.2) is 49.3 Å². The van der Waals surface area contributed by atoms with Gasteiger partial charge in [0.2, 0.25) is 5.91 Å². The van der Waals surface area contributed by atoms with Crippen LogP contribution in [0.4, 0.5) is 13.2 Å². The smallest absolute Gasteiger partial charge is 0.362 e. The molecule has 2 N–H and O–H groups in total. The summed E-state index contributed by atoms with van der Waals surface area (Å²) in [6.07, 6.45) is -3.75. The molecular weight excluding hydrogens is 285 g/mol. The molecule has 1 fully saturated rings. The number of piperidine rings is 1. The van der Waals surface area contributed by atoms with Gasteiger partial charge in [-0.2, -0.15) is 13.2 Å². The molecule has 1 heterocycles. The minimum absolute atomic E-state index is 0. The summed E-state index contributed by atoms with van der Waals surface area (Å²) in [5.74, 6) is -0.417. The van der Waals surface area contributed by atoms with E-state index in [0.29, 0.717) is 19.5 Å². The third-order valence-electron chi connectivity index (χ3n) is 3.16. The summed E-state index contributed by atoms with van der Waals surface area (Å²) in [5, 5.41) is 0. The summed E-state index contributed by atoms with van der Waals surface area (Å²) in [4.78, 5) is 13.2. The van der Waals surface area contributed by atoms with Crippen molar-refractivity contribution in [1.82, 2.24) is 4.90 Å². The van der Waals surface area contributed by atoms with Crippen LogP contribution >= 0.6 is 12.4 Å². The molecule has 0 bridgehead atoms. The van der Waals surface area contributed by atoms with E-state index in [-0.39, 0.29) is 23.9 Å². The number of hydrogen-bond donors (Lipinski definition) is 1. The highest BCUT2D eigenvalue weighted by atomic mass is 35.5. The molecule has 1 amide bonds. The summed E-state index contributed by atoms with van der Waals surface area (Å²) >= 11 is 0. The molecule has 1 unspecified atom stereocenters. The maximum atomic E-state index is 11.9. The number of ether oxygens (including phenoxy) is 1. The molecule has 0 radical (unpaired) electrons. The van der Waals surface area contributed by atoms with Crippen molar-refractivity contribution < 1.29 is 22.7 Å². The Kier molecular flexibility index (Phi) is 6.57. The Morgan fingerprint density at radius 2 is 2.05 bits per heavy atom. The predicted octanol–water partition coefficient (Wildman–Crippen LogP) is 1.57. The maximum Gasteiger partial charge on any atom is 0.411 e. The molecule has 8 heteroatoms. The monoisotopic (exact) mass is 304 g/mol. The highest BCUT2D eigenvalue weighted by Crippen LogP contribution is 2.27. The SMILES string of the molecule is CC1(C)CN(C(=O)COCC(F)(F)F)CCC1N.Cl. The lowest BCUT2D eigenvalue weighted by Crippen LogP contribution is -2.54. The molecule has 19 heavy (non-hydrogen) atoms. The molecule has 0 saturated carbocycles. The van der Waals surface area contributed by atoms with Crippen LogP contribution in [0, 0.1) is 5.41 Å². The van der Waals surface area contributed by atoms with Crippen LogP contribution in [0.3, 0.4) is 0 Å². The van der Waals surface area contributed by atoms with Gasteiger partial charge in [0.25, 0.3) is 0 Å². The van der Waals surface area contributed by atoms with Crippen molar-refractivity contribution in [3.63, 3.8) is 0 Å². The van der Waals surface area contributed by atoms with Gasteiger partial charge < -0.3 is 15.4 Å². The normalized spacial score (nSPS) is 22.8. The van der Waals surface area contributed by atoms with E-state index in [9.17, 15) is 18.0 Å². The van der Waals surface area contributed by atoms with Crippen LogP contribution in [0.25, 0.3) is 0 Å². The fraction of sp³-hybridized carbons (Fsp3) is 0.909. The zero-order chi connectivity index (χ0) is 14.0. The minimum Gasteiger partial charge on any atom is -0.362 e. The number of carbonyl (C=O) groups is 1. The molecule has 1 atom stereocenters. The zero-order valence-electron chi connectivity index (χ0n) is 11.0. The number of hydrogen-bond acceptors (Lipinski definition) is 3. The second kappa shape index (κ2) is 6.76. The standard InChI is InChI=1S/C11H19F3N2O2.ClH/c1-10(2)6-16(4-3-8(10)15)9(17)5-18-7-11(12,13)14;/h8H,3-7,15H2,1-2H3;1H. The number of carbonyl (C=O) groups excluding carboxylic acids is 1. The number of alkyl halides is 3. The van der Waals surface area contributed by atoms with E-state index in [0.717, 1.165) is 0 Å². The average Bonchev–Trinajstić information content (AvgIpc) is 2.20. The van der Waals surface area contributed by atoms with Crippen LogP contribution < -0.4 is 5.73 Å². The molecule has 114 valence electrons. The molecule has 4 nitrogen and oxygen atoms in total. The Morgan fingerprint density at radius 1 is 1.47 bits per heavy atom. The van der Waals surface area contributed by atoms with Gasteiger partial charge in [0.05, 0.1) is 0 Å². The Labute approximate surface area is 116 Å². The molecule has 0 aromatic heterocycles. The molecular formula is C11H20ClF3N2O2. The lowest BCUT2D eigenvalue weighted by molar-refractivity contribution is -0.178. The Hall–Kier alpha value is -0.530. The Bertz CT molecular complexity index is 311. The molecule has 1 saturated heterocycles. The van der Waals surface area contributed by atoms with Crippen molar-refractivity contribution in [2.45, 2.75) is 32.5 Å². The number of nitrogens with two attached hydrogens (primary N) is 1. The van der Waals surface area contributed by atoms with Crippen molar-refractivity contribution in [3.8, 4) is 0 Å². The first kappa shape index (κ1) is 18.5. The fourth-order valence-electron chi connectivity index (χ4n) is 1.93. The molecule has 0 aromatic rings. The van der Waals surface area contributed by atoms with E-state index in [1.165, 1.54) is 4.90 Å². The van der Waals surface area contributed by atoms with Gasteiger partial charge in [0.15, 0.2) is 0 Å². The Morgan fingerprint density at radius 3 is 2.53 bits per heavy atom. The Balaban J connectivity index is 0.00000324. The van der Waals surface area contributed by atoms with E-state index >= 15 is 0 Å². The summed E-state index contributed by atoms with van der Waals surface area (Å²) in [6, 6.07) is -0.00218. The van der Waals surface area contributed by atoms with Gasteiger partial charge >= 0.3 is 6.18 Å². The highest BCUT2D eigenvalue weighted by molar-refractivity contribution is 5.85. The van der Waals surface area contributed by atoms with Crippen molar-refractivity contribution in [2.24, 2.45) is 11.1 Å². The second-order valence-corrected chi connectivity index (χ2v) is 5.31. The number of rotatable bonds is 3. The van der Waals surface area contributed by atoms with Gasteiger partial charge in [-0.3, -0.25) is 4.79 Å². The quantitative estimate of drug-likeness (QED) is 0.861. The summed E-state index contributed by atoms with van der Waals surface area (Å²) in [5.41, 5.74) is 5.69. The predicted molar refractivity (Wildman–Crippen MR) is 67.1 cm³/mol. The maximum absolute atomic E-state index is 11.9. The molecule has 0 spiro atoms. The van der Waals surface area contributed by atoms with E-state index in [1.807, 2.05) is 13.8 Å². The molecule has 0 aliphatic carbocycles. The van der Waals surface area contributed by atoms with Crippen LogP contribution in [0.15, 0.2) is 0 Å². The van der Waals surface area contributed by atoms with Gasteiger partial charge in [-0.05, 0) is 11.8 Å². The van der Waals surface area contributed by atoms with E-state index in [4.69, 9.17) is 5.73 Å². The lowest BCUT2D eigenvalue weighted by Gasteiger charge is -2.42. The van der Waals surface area contributed by atoms with Crippen molar-refractivity contribution in [3.05, 3.63) is 0 Å². The fourth-order valence-corrected chi connectivity index (χ4v) is 1.93. The summed E-state index contributed by atoms with van der Waals surface area (Å²) in [7, 11) is 0. The van der Waals surface area contributed by atoms with Gasteiger partial charge in [-0.25, -0.2) is 0 Å². The number of halogens is 4. The largest absolute Gasteiger partial charge is 0.411 e. The van der Waals surface area contributed by atoms with Crippen molar-refractivity contribution in [1.29, 1.82) is 0 Å². The average molecular weight is 305 g/mol. The minimum atomic E-state index is -4.40. The van der Waals surface area contributed by atoms with Crippen LogP contribution in [0.2, 0.25) is 0 Å². The third-order valence-corrected chi connectivity index (χ3v) is 3.16. The van der Waals surface area contributed by atoms with Crippen LogP contribution in [0.5, 0.6) is 0 Å². The molecule has 1 rings (SSSR count). The first-order valence-corrected chi connectivity index (χ1v) is 5.80. The molecule has 1 aliphatic heterocycles. The zero-order valence-corrected chi connectivity index (χ0v) is 11.8. The van der Waals surface area contributed by atoms with Gasteiger partial charge in [0, 0.05) is 19.1 Å². The van der Waals surface area contributed by atoms with E-state index in [1.54, 1.807) is 0 Å². The molecule has 1 aliphatic rings. The summed E-state index contributed by atoms with van der Waals surface area (Å²) < 4.78 is 39.9. The first-order valence-electron chi connectivity index (χ1n) is 5.80. The highest BCUT2D eigenvalue weighted by Gasteiger charge is 2.35. The summed E-state index contributed by atoms with van der Waals surface area (Å²) in [6.45, 7) is 2.86. The van der Waals surface area contributed by atoms with Crippen molar-refractivity contribution >= 4 is 18.3 Å². The molecule has 0 aromatic carbocycles. The number of amides is 1. The topological polar surface area (TPSA) is 55.6 Å². The second-order valence-electron chi connectivity index (χ2n) is 5.31. The third kappa shape index (κ3) is 5.97. The van der Waals surface area contributed by atoms with Gasteiger partial charge in [0.1, 0.15) is 13.2 Å². The number of nitrogens with zero attached hydrogens (tertiary/aromatic N) is 1. The van der Waals surface area contributed by atoms with Gasteiger partial charge in [-0.15, -0.1) is 12.4 Å². The van der Waals surface area contributed by atoms with Crippen molar-refractivity contribution in [2.75, 3.05) is 26.3 Å². The van der Waals surface area contributed by atoms with E-state index < -0.39 is 25.3 Å². The van der Waals surface area contributed by atoms with E-state index in [2.05, 4.69) is 4.74 Å².